The van der Waals surface area contributed by atoms with Crippen molar-refractivity contribution in [2.24, 2.45) is 11.7 Å². The Bertz CT molecular complexity index is 465. The second kappa shape index (κ2) is 5.73. The van der Waals surface area contributed by atoms with E-state index in [1.54, 1.807) is 0 Å². The summed E-state index contributed by atoms with van der Waals surface area (Å²) < 4.78 is 5.35. The number of aromatic nitrogens is 2. The first kappa shape index (κ1) is 13.4. The first-order valence-corrected chi connectivity index (χ1v) is 6.41. The molecule has 1 aromatic heterocycles. The molecule has 1 amide bonds. The normalized spacial score (nSPS) is 19.2. The van der Waals surface area contributed by atoms with Crippen molar-refractivity contribution in [3.63, 3.8) is 0 Å². The molecule has 2 heterocycles. The molecule has 0 aromatic carbocycles. The molecule has 1 atom stereocenters. The van der Waals surface area contributed by atoms with Crippen LogP contribution in [0.3, 0.4) is 0 Å². The minimum atomic E-state index is -0.276. The van der Waals surface area contributed by atoms with Crippen molar-refractivity contribution in [2.75, 3.05) is 30.3 Å². The van der Waals surface area contributed by atoms with Crippen LogP contribution in [0.4, 0.5) is 11.5 Å². The minimum Gasteiger partial charge on any atom is -0.476 e. The van der Waals surface area contributed by atoms with Crippen LogP contribution < -0.4 is 21.1 Å². The van der Waals surface area contributed by atoms with Gasteiger partial charge in [0, 0.05) is 13.1 Å². The van der Waals surface area contributed by atoms with Gasteiger partial charge in [0.15, 0.2) is 5.82 Å². The quantitative estimate of drug-likeness (QED) is 0.803. The summed E-state index contributed by atoms with van der Waals surface area (Å²) in [5, 5.41) is 0. The van der Waals surface area contributed by atoms with Crippen molar-refractivity contribution in [1.29, 1.82) is 0 Å². The summed E-state index contributed by atoms with van der Waals surface area (Å²) in [5.74, 6) is 0.569. The van der Waals surface area contributed by atoms with Gasteiger partial charge in [-0.3, -0.25) is 4.79 Å². The Morgan fingerprint density at radius 2 is 2.37 bits per heavy atom. The summed E-state index contributed by atoms with van der Waals surface area (Å²) in [7, 11) is 0. The van der Waals surface area contributed by atoms with Crippen molar-refractivity contribution in [2.45, 2.75) is 19.8 Å². The Morgan fingerprint density at radius 1 is 1.58 bits per heavy atom. The Morgan fingerprint density at radius 3 is 3.05 bits per heavy atom. The molecule has 1 unspecified atom stereocenters. The molecule has 1 aromatic rings. The zero-order valence-corrected chi connectivity index (χ0v) is 11.0. The summed E-state index contributed by atoms with van der Waals surface area (Å²) >= 11 is 0. The van der Waals surface area contributed by atoms with Crippen LogP contribution in [0, 0.1) is 5.92 Å². The summed E-state index contributed by atoms with van der Waals surface area (Å²) in [6.07, 6.45) is 3.13. The Hall–Kier alpha value is -2.05. The summed E-state index contributed by atoms with van der Waals surface area (Å²) in [5.41, 5.74) is 11.8. The molecule has 0 aliphatic carbocycles. The number of nitrogens with zero attached hydrogens (tertiary/aromatic N) is 3. The fraction of sp³-hybridized carbons (Fsp3) is 0.583. The number of nitrogen functional groups attached to an aromatic ring is 1. The highest BCUT2D eigenvalue weighted by Crippen LogP contribution is 2.30. The number of amides is 1. The van der Waals surface area contributed by atoms with E-state index in [2.05, 4.69) is 9.97 Å². The van der Waals surface area contributed by atoms with Crippen LogP contribution in [0.25, 0.3) is 0 Å². The van der Waals surface area contributed by atoms with Gasteiger partial charge in [0.2, 0.25) is 11.8 Å². The van der Waals surface area contributed by atoms with Crippen molar-refractivity contribution in [3.05, 3.63) is 6.33 Å². The number of piperidine rings is 1. The maximum atomic E-state index is 11.3. The van der Waals surface area contributed by atoms with Gasteiger partial charge in [-0.15, -0.1) is 0 Å². The maximum Gasteiger partial charge on any atom is 0.242 e. The first-order chi connectivity index (χ1) is 9.13. The van der Waals surface area contributed by atoms with Crippen LogP contribution in [0.5, 0.6) is 5.88 Å². The van der Waals surface area contributed by atoms with Crippen LogP contribution >= 0.6 is 0 Å². The number of hydrogen-bond donors (Lipinski definition) is 2. The lowest BCUT2D eigenvalue weighted by molar-refractivity contribution is -0.122. The molecule has 0 spiro atoms. The van der Waals surface area contributed by atoms with E-state index in [4.69, 9.17) is 16.2 Å². The van der Waals surface area contributed by atoms with Crippen LogP contribution in [-0.2, 0) is 4.79 Å². The smallest absolute Gasteiger partial charge is 0.242 e. The summed E-state index contributed by atoms with van der Waals surface area (Å²) in [4.78, 5) is 21.5. The Labute approximate surface area is 111 Å². The number of ether oxygens (including phenoxy) is 1. The van der Waals surface area contributed by atoms with Gasteiger partial charge in [-0.1, -0.05) is 0 Å². The molecule has 4 N–H and O–H groups in total. The van der Waals surface area contributed by atoms with Crippen LogP contribution in [0.15, 0.2) is 6.33 Å². The molecular formula is C12H19N5O2. The van der Waals surface area contributed by atoms with Gasteiger partial charge in [-0.05, 0) is 19.8 Å². The van der Waals surface area contributed by atoms with E-state index < -0.39 is 0 Å². The lowest BCUT2D eigenvalue weighted by atomic mass is 9.97. The fourth-order valence-electron chi connectivity index (χ4n) is 2.28. The highest BCUT2D eigenvalue weighted by atomic mass is 16.5. The van der Waals surface area contributed by atoms with Crippen LogP contribution in [0.1, 0.15) is 19.8 Å². The van der Waals surface area contributed by atoms with E-state index in [0.29, 0.717) is 30.5 Å². The predicted octanol–water partition coefficient (Wildman–Crippen LogP) is 0.159. The Balaban J connectivity index is 2.21. The molecule has 1 fully saturated rings. The number of anilines is 2. The molecule has 7 nitrogen and oxygen atoms in total. The van der Waals surface area contributed by atoms with Gasteiger partial charge < -0.3 is 21.1 Å². The number of rotatable bonds is 4. The monoisotopic (exact) mass is 265 g/mol. The average molecular weight is 265 g/mol. The highest BCUT2D eigenvalue weighted by molar-refractivity contribution is 5.78. The van der Waals surface area contributed by atoms with Gasteiger partial charge in [0.25, 0.3) is 0 Å². The third kappa shape index (κ3) is 2.86. The van der Waals surface area contributed by atoms with Crippen LogP contribution in [-0.4, -0.2) is 35.6 Å². The van der Waals surface area contributed by atoms with E-state index in [1.165, 1.54) is 6.33 Å². The van der Waals surface area contributed by atoms with Crippen molar-refractivity contribution < 1.29 is 9.53 Å². The van der Waals surface area contributed by atoms with Crippen LogP contribution in [0.2, 0.25) is 0 Å². The fourth-order valence-corrected chi connectivity index (χ4v) is 2.28. The predicted molar refractivity (Wildman–Crippen MR) is 71.7 cm³/mol. The molecule has 1 saturated heterocycles. The van der Waals surface area contributed by atoms with E-state index in [-0.39, 0.29) is 11.8 Å². The summed E-state index contributed by atoms with van der Waals surface area (Å²) in [6, 6.07) is 0. The van der Waals surface area contributed by atoms with E-state index in [9.17, 15) is 4.79 Å². The standard InChI is InChI=1S/C12H19N5O2/c1-2-19-12-9(13)11(15-7-16-12)17-5-3-4-8(6-17)10(14)18/h7-8H,2-6,13H2,1H3,(H2,14,18). The zero-order chi connectivity index (χ0) is 13.8. The second-order valence-electron chi connectivity index (χ2n) is 4.54. The lowest BCUT2D eigenvalue weighted by Gasteiger charge is -2.32. The van der Waals surface area contributed by atoms with E-state index in [0.717, 1.165) is 19.4 Å². The first-order valence-electron chi connectivity index (χ1n) is 6.41. The lowest BCUT2D eigenvalue weighted by Crippen LogP contribution is -2.41. The number of primary amides is 1. The third-order valence-electron chi connectivity index (χ3n) is 3.23. The van der Waals surface area contributed by atoms with Crippen molar-refractivity contribution in [1.82, 2.24) is 9.97 Å². The number of nitrogens with two attached hydrogens (primary N) is 2. The number of hydrogen-bond acceptors (Lipinski definition) is 6. The second-order valence-corrected chi connectivity index (χ2v) is 4.54. The van der Waals surface area contributed by atoms with Crippen molar-refractivity contribution >= 4 is 17.4 Å². The third-order valence-corrected chi connectivity index (χ3v) is 3.23. The van der Waals surface area contributed by atoms with E-state index >= 15 is 0 Å². The molecule has 0 saturated carbocycles. The molecule has 19 heavy (non-hydrogen) atoms. The molecule has 0 radical (unpaired) electrons. The Kier molecular flexibility index (Phi) is 4.03. The molecule has 1 aliphatic heterocycles. The van der Waals surface area contributed by atoms with Gasteiger partial charge in [-0.2, -0.15) is 4.98 Å². The number of carbonyl (C=O) groups excluding carboxylic acids is 1. The van der Waals surface area contributed by atoms with E-state index in [1.807, 2.05) is 11.8 Å². The van der Waals surface area contributed by atoms with Gasteiger partial charge in [0.05, 0.1) is 12.5 Å². The number of carbonyl (C=O) groups is 1. The molecule has 2 rings (SSSR count). The van der Waals surface area contributed by atoms with Gasteiger partial charge >= 0.3 is 0 Å². The molecule has 1 aliphatic rings. The van der Waals surface area contributed by atoms with Crippen molar-refractivity contribution in [3.8, 4) is 5.88 Å². The molecule has 104 valence electrons. The topological polar surface area (TPSA) is 107 Å². The summed E-state index contributed by atoms with van der Waals surface area (Å²) in [6.45, 7) is 3.70. The zero-order valence-electron chi connectivity index (χ0n) is 11.0. The molecular weight excluding hydrogens is 246 g/mol. The average Bonchev–Trinajstić information content (AvgIpc) is 2.41. The van der Waals surface area contributed by atoms with Gasteiger partial charge in [-0.25, -0.2) is 4.98 Å². The highest BCUT2D eigenvalue weighted by Gasteiger charge is 2.26. The minimum absolute atomic E-state index is 0.154. The molecule has 7 heteroatoms. The maximum absolute atomic E-state index is 11.3. The van der Waals surface area contributed by atoms with Gasteiger partial charge in [0.1, 0.15) is 12.0 Å². The largest absolute Gasteiger partial charge is 0.476 e. The SMILES string of the molecule is CCOc1ncnc(N2CCCC(C(N)=O)C2)c1N. The molecule has 0 bridgehead atoms.